The van der Waals surface area contributed by atoms with Gasteiger partial charge in [-0.05, 0) is 47.8 Å². The minimum Gasteiger partial charge on any atom is -0.0651 e. The van der Waals surface area contributed by atoms with E-state index in [-0.39, 0.29) is 0 Å². The van der Waals surface area contributed by atoms with Crippen molar-refractivity contribution in [2.75, 3.05) is 0 Å². The fourth-order valence-corrected chi connectivity index (χ4v) is 5.31. The van der Waals surface area contributed by atoms with Crippen LogP contribution in [0.3, 0.4) is 0 Å². The molecule has 68 valence electrons. The normalized spacial score (nSPS) is 66.8. The smallest absolute Gasteiger partial charge is 0.0204 e. The molecule has 0 heteroatoms. The van der Waals surface area contributed by atoms with E-state index in [1.54, 1.807) is 19.3 Å². The van der Waals surface area contributed by atoms with Gasteiger partial charge in [0.25, 0.3) is 0 Å². The van der Waals surface area contributed by atoms with Crippen LogP contribution in [-0.2, 0) is 0 Å². The topological polar surface area (TPSA) is 0 Å². The zero-order valence-electron chi connectivity index (χ0n) is 8.56. The van der Waals surface area contributed by atoms with E-state index in [9.17, 15) is 0 Å². The molecule has 5 atom stereocenters. The molecule has 12 heavy (non-hydrogen) atoms. The van der Waals surface area contributed by atoms with Gasteiger partial charge in [-0.15, -0.1) is 0 Å². The summed E-state index contributed by atoms with van der Waals surface area (Å²) >= 11 is 0. The van der Waals surface area contributed by atoms with Crippen molar-refractivity contribution in [3.05, 3.63) is 0 Å². The fraction of sp³-hybridized carbons (Fsp3) is 1.00. The predicted octanol–water partition coefficient (Wildman–Crippen LogP) is 3.47. The zero-order valence-corrected chi connectivity index (χ0v) is 8.56. The van der Waals surface area contributed by atoms with Crippen LogP contribution in [0.2, 0.25) is 0 Å². The van der Waals surface area contributed by atoms with Crippen LogP contribution < -0.4 is 0 Å². The first-order chi connectivity index (χ1) is 5.66. The molecule has 4 rings (SSSR count). The van der Waals surface area contributed by atoms with Gasteiger partial charge in [0.1, 0.15) is 0 Å². The molecule has 0 saturated heterocycles. The first-order valence-electron chi connectivity index (χ1n) is 5.66. The van der Waals surface area contributed by atoms with Crippen molar-refractivity contribution in [3.8, 4) is 0 Å². The molecule has 4 aliphatic carbocycles. The van der Waals surface area contributed by atoms with E-state index < -0.39 is 0 Å². The molecule has 0 aliphatic heterocycles. The van der Waals surface area contributed by atoms with Crippen LogP contribution in [0.15, 0.2) is 0 Å². The molecule has 0 nitrogen and oxygen atoms in total. The summed E-state index contributed by atoms with van der Waals surface area (Å²) in [6.07, 6.45) is 6.11. The third-order valence-corrected chi connectivity index (χ3v) is 6.05. The number of hydrogen-bond donors (Lipinski definition) is 0. The lowest BCUT2D eigenvalue weighted by Gasteiger charge is -2.68. The van der Waals surface area contributed by atoms with E-state index in [0.717, 1.165) is 28.6 Å². The highest BCUT2D eigenvalue weighted by molar-refractivity contribution is 5.26. The largest absolute Gasteiger partial charge is 0.0651 e. The average Bonchev–Trinajstić information content (AvgIpc) is 2.32. The number of rotatable bonds is 1. The maximum atomic E-state index is 2.55. The average molecular weight is 164 g/mol. The second-order valence-corrected chi connectivity index (χ2v) is 5.74. The van der Waals surface area contributed by atoms with Crippen LogP contribution in [0, 0.1) is 28.6 Å². The maximum Gasteiger partial charge on any atom is -0.0204 e. The van der Waals surface area contributed by atoms with Gasteiger partial charge in [0.15, 0.2) is 0 Å². The predicted molar refractivity (Wildman–Crippen MR) is 50.8 cm³/mol. The van der Waals surface area contributed by atoms with Crippen LogP contribution in [0.5, 0.6) is 0 Å². The molecule has 0 aromatic heterocycles. The number of fused-ring (bicyclic) bond motifs is 1. The Bertz CT molecular complexity index is 222. The Labute approximate surface area is 75.7 Å². The molecule has 0 N–H and O–H groups in total. The molecule has 0 radical (unpaired) electrons. The molecule has 4 fully saturated rings. The summed E-state index contributed by atoms with van der Waals surface area (Å²) in [5, 5.41) is 0. The Morgan fingerprint density at radius 1 is 1.42 bits per heavy atom. The van der Waals surface area contributed by atoms with E-state index in [1.165, 1.54) is 6.42 Å². The highest BCUT2D eigenvalue weighted by Gasteiger charge is 2.78. The van der Waals surface area contributed by atoms with Crippen LogP contribution >= 0.6 is 0 Å². The molecule has 0 aromatic rings. The third kappa shape index (κ3) is 0.438. The van der Waals surface area contributed by atoms with Gasteiger partial charge in [0.2, 0.25) is 0 Å². The maximum absolute atomic E-state index is 2.55. The summed E-state index contributed by atoms with van der Waals surface area (Å²) < 4.78 is 0. The minimum absolute atomic E-state index is 0.777. The van der Waals surface area contributed by atoms with Crippen LogP contribution in [-0.4, -0.2) is 0 Å². The van der Waals surface area contributed by atoms with Gasteiger partial charge in [-0.25, -0.2) is 0 Å². The SMILES string of the molecule is CCC1CC2(C)C(C)C13CCC23. The Morgan fingerprint density at radius 3 is 2.42 bits per heavy atom. The van der Waals surface area contributed by atoms with Crippen molar-refractivity contribution in [1.29, 1.82) is 0 Å². The van der Waals surface area contributed by atoms with Crippen molar-refractivity contribution >= 4 is 0 Å². The molecule has 0 heterocycles. The summed E-state index contributed by atoms with van der Waals surface area (Å²) in [5.41, 5.74) is 1.64. The van der Waals surface area contributed by atoms with Gasteiger partial charge in [0, 0.05) is 0 Å². The van der Waals surface area contributed by atoms with Gasteiger partial charge < -0.3 is 0 Å². The summed E-state index contributed by atoms with van der Waals surface area (Å²) in [5.74, 6) is 3.29. The molecule has 5 unspecified atom stereocenters. The molecule has 0 amide bonds. The molecule has 4 aliphatic rings. The first kappa shape index (κ1) is 7.41. The van der Waals surface area contributed by atoms with Gasteiger partial charge >= 0.3 is 0 Å². The van der Waals surface area contributed by atoms with Crippen molar-refractivity contribution < 1.29 is 0 Å². The van der Waals surface area contributed by atoms with Crippen LogP contribution in [0.4, 0.5) is 0 Å². The molecular weight excluding hydrogens is 144 g/mol. The Morgan fingerprint density at radius 2 is 2.17 bits per heavy atom. The molecule has 0 aromatic carbocycles. The van der Waals surface area contributed by atoms with E-state index >= 15 is 0 Å². The first-order valence-corrected chi connectivity index (χ1v) is 5.66. The van der Waals surface area contributed by atoms with Crippen molar-refractivity contribution in [2.24, 2.45) is 28.6 Å². The zero-order chi connectivity index (χ0) is 8.56. The Balaban J connectivity index is 2.00. The summed E-state index contributed by atoms with van der Waals surface area (Å²) in [6.45, 7) is 7.46. The second kappa shape index (κ2) is 1.76. The van der Waals surface area contributed by atoms with Gasteiger partial charge in [-0.3, -0.25) is 0 Å². The van der Waals surface area contributed by atoms with E-state index in [0.29, 0.717) is 0 Å². The second-order valence-electron chi connectivity index (χ2n) is 5.74. The molecule has 1 spiro atoms. The van der Waals surface area contributed by atoms with Gasteiger partial charge in [0.05, 0.1) is 0 Å². The van der Waals surface area contributed by atoms with Crippen molar-refractivity contribution in [3.63, 3.8) is 0 Å². The standard InChI is InChI=1S/C12H20/c1-4-9-7-11(3)8(2)12(9)6-5-10(11)12/h8-10H,4-7H2,1-3H3. The van der Waals surface area contributed by atoms with E-state index in [2.05, 4.69) is 20.8 Å². The highest BCUT2D eigenvalue weighted by Crippen LogP contribution is 2.84. The lowest BCUT2D eigenvalue weighted by molar-refractivity contribution is -0.205. The Kier molecular flexibility index (Phi) is 1.09. The molecular formula is C12H20. The molecule has 4 saturated carbocycles. The lowest BCUT2D eigenvalue weighted by atomic mass is 9.36. The van der Waals surface area contributed by atoms with Crippen LogP contribution in [0.1, 0.15) is 46.5 Å². The summed E-state index contributed by atoms with van der Waals surface area (Å²) in [7, 11) is 0. The quantitative estimate of drug-likeness (QED) is 0.556. The summed E-state index contributed by atoms with van der Waals surface area (Å²) in [4.78, 5) is 0. The highest BCUT2D eigenvalue weighted by atomic mass is 14.8. The van der Waals surface area contributed by atoms with Gasteiger partial charge in [-0.1, -0.05) is 27.2 Å². The van der Waals surface area contributed by atoms with E-state index in [1.807, 2.05) is 0 Å². The minimum atomic E-state index is 0.777. The Hall–Kier alpha value is 0. The van der Waals surface area contributed by atoms with E-state index in [4.69, 9.17) is 0 Å². The molecule has 2 bridgehead atoms. The van der Waals surface area contributed by atoms with Crippen LogP contribution in [0.25, 0.3) is 0 Å². The van der Waals surface area contributed by atoms with Crippen molar-refractivity contribution in [2.45, 2.75) is 46.5 Å². The monoisotopic (exact) mass is 164 g/mol. The fourth-order valence-electron chi connectivity index (χ4n) is 5.31. The summed E-state index contributed by atoms with van der Waals surface area (Å²) in [6, 6.07) is 0. The lowest BCUT2D eigenvalue weighted by Crippen LogP contribution is -2.62. The number of hydrogen-bond acceptors (Lipinski definition) is 0. The van der Waals surface area contributed by atoms with Gasteiger partial charge in [-0.2, -0.15) is 0 Å². The van der Waals surface area contributed by atoms with Crippen molar-refractivity contribution in [1.82, 2.24) is 0 Å². The third-order valence-electron chi connectivity index (χ3n) is 6.05.